The summed E-state index contributed by atoms with van der Waals surface area (Å²) in [6, 6.07) is 1.49. The molecule has 2 rings (SSSR count). The third-order valence-corrected chi connectivity index (χ3v) is 3.00. The molecule has 0 aliphatic carbocycles. The Labute approximate surface area is 116 Å². The zero-order valence-corrected chi connectivity index (χ0v) is 11.8. The lowest BCUT2D eigenvalue weighted by Gasteiger charge is -2.12. The van der Waals surface area contributed by atoms with E-state index < -0.39 is 5.82 Å². The minimum Gasteiger partial charge on any atom is -0.492 e. The minimum absolute atomic E-state index is 0.0361. The van der Waals surface area contributed by atoms with Crippen LogP contribution in [0.25, 0.3) is 11.4 Å². The molecule has 0 saturated heterocycles. The van der Waals surface area contributed by atoms with E-state index in [4.69, 9.17) is 19.7 Å². The van der Waals surface area contributed by atoms with Crippen LogP contribution >= 0.6 is 15.9 Å². The van der Waals surface area contributed by atoms with Crippen molar-refractivity contribution in [3.05, 3.63) is 22.2 Å². The highest BCUT2D eigenvalue weighted by Crippen LogP contribution is 2.42. The molecule has 0 atom stereocenters. The summed E-state index contributed by atoms with van der Waals surface area (Å²) in [5, 5.41) is 3.77. The maximum absolute atomic E-state index is 13.9. The molecular formula is C11H11BrFN3O3. The number of rotatable bonds is 4. The predicted octanol–water partition coefficient (Wildman–Crippen LogP) is 2.11. The van der Waals surface area contributed by atoms with Crippen molar-refractivity contribution in [3.63, 3.8) is 0 Å². The van der Waals surface area contributed by atoms with Crippen LogP contribution in [0.1, 0.15) is 5.89 Å². The molecule has 6 nitrogen and oxygen atoms in total. The van der Waals surface area contributed by atoms with Crippen LogP contribution in [0.2, 0.25) is 0 Å². The molecule has 0 fully saturated rings. The Bertz CT molecular complexity index is 603. The summed E-state index contributed by atoms with van der Waals surface area (Å²) in [7, 11) is 2.75. The Morgan fingerprint density at radius 2 is 2.05 bits per heavy atom. The molecule has 0 bridgehead atoms. The van der Waals surface area contributed by atoms with Gasteiger partial charge in [-0.25, -0.2) is 4.39 Å². The van der Waals surface area contributed by atoms with Crippen molar-refractivity contribution in [2.45, 2.75) is 6.54 Å². The molecule has 1 aromatic carbocycles. The van der Waals surface area contributed by atoms with E-state index in [1.54, 1.807) is 0 Å². The van der Waals surface area contributed by atoms with Crippen molar-refractivity contribution in [2.24, 2.45) is 5.73 Å². The maximum atomic E-state index is 13.9. The Morgan fingerprint density at radius 3 is 2.58 bits per heavy atom. The van der Waals surface area contributed by atoms with Gasteiger partial charge in [0.1, 0.15) is 0 Å². The van der Waals surface area contributed by atoms with Crippen LogP contribution in [0.5, 0.6) is 11.5 Å². The molecule has 8 heteroatoms. The number of hydrogen-bond donors (Lipinski definition) is 1. The van der Waals surface area contributed by atoms with Gasteiger partial charge in [0.25, 0.3) is 0 Å². The van der Waals surface area contributed by atoms with Crippen LogP contribution < -0.4 is 15.2 Å². The Kier molecular flexibility index (Phi) is 4.01. The number of halogens is 2. The van der Waals surface area contributed by atoms with Gasteiger partial charge in [-0.3, -0.25) is 0 Å². The van der Waals surface area contributed by atoms with Gasteiger partial charge in [-0.2, -0.15) is 4.98 Å². The average molecular weight is 332 g/mol. The fourth-order valence-corrected chi connectivity index (χ4v) is 1.99. The highest BCUT2D eigenvalue weighted by molar-refractivity contribution is 9.10. The molecule has 0 saturated carbocycles. The molecule has 19 heavy (non-hydrogen) atoms. The Morgan fingerprint density at radius 1 is 1.37 bits per heavy atom. The number of ether oxygens (including phenoxy) is 2. The zero-order valence-electron chi connectivity index (χ0n) is 10.2. The topological polar surface area (TPSA) is 83.4 Å². The lowest BCUT2D eigenvalue weighted by atomic mass is 10.1. The summed E-state index contributed by atoms with van der Waals surface area (Å²) in [5.74, 6) is 0.108. The molecule has 0 aliphatic rings. The van der Waals surface area contributed by atoms with Crippen molar-refractivity contribution >= 4 is 15.9 Å². The van der Waals surface area contributed by atoms with Gasteiger partial charge in [0.15, 0.2) is 17.3 Å². The Balaban J connectivity index is 2.65. The largest absolute Gasteiger partial charge is 0.492 e. The monoisotopic (exact) mass is 331 g/mol. The van der Waals surface area contributed by atoms with E-state index in [9.17, 15) is 4.39 Å². The average Bonchev–Trinajstić information content (AvgIpc) is 2.89. The second kappa shape index (κ2) is 5.54. The molecular weight excluding hydrogens is 321 g/mol. The first-order valence-corrected chi connectivity index (χ1v) is 6.04. The minimum atomic E-state index is -0.564. The van der Waals surface area contributed by atoms with Crippen molar-refractivity contribution in [1.82, 2.24) is 10.1 Å². The lowest BCUT2D eigenvalue weighted by Crippen LogP contribution is -1.99. The van der Waals surface area contributed by atoms with Gasteiger partial charge in [0, 0.05) is 0 Å². The number of nitrogens with two attached hydrogens (primary N) is 1. The molecule has 0 unspecified atom stereocenters. The van der Waals surface area contributed by atoms with Crippen LogP contribution in [0.3, 0.4) is 0 Å². The van der Waals surface area contributed by atoms with Gasteiger partial charge in [-0.15, -0.1) is 0 Å². The highest BCUT2D eigenvalue weighted by atomic mass is 79.9. The van der Waals surface area contributed by atoms with Gasteiger partial charge in [0.2, 0.25) is 11.7 Å². The molecule has 1 heterocycles. The number of nitrogens with zero attached hydrogens (tertiary/aromatic N) is 2. The second-order valence-electron chi connectivity index (χ2n) is 3.50. The van der Waals surface area contributed by atoms with E-state index in [2.05, 4.69) is 26.1 Å². The number of hydrogen-bond acceptors (Lipinski definition) is 6. The van der Waals surface area contributed by atoms with Crippen LogP contribution in [-0.2, 0) is 6.54 Å². The fraction of sp³-hybridized carbons (Fsp3) is 0.273. The first kappa shape index (κ1) is 13.8. The molecule has 0 amide bonds. The SMILES string of the molecule is COc1c(-c2noc(CN)n2)cc(Br)c(F)c1OC. The van der Waals surface area contributed by atoms with Crippen LogP contribution in [0.4, 0.5) is 4.39 Å². The van der Waals surface area contributed by atoms with Gasteiger partial charge in [-0.05, 0) is 22.0 Å². The second-order valence-corrected chi connectivity index (χ2v) is 4.36. The maximum Gasteiger partial charge on any atom is 0.240 e. The molecule has 102 valence electrons. The van der Waals surface area contributed by atoms with Gasteiger partial charge in [-0.1, -0.05) is 5.16 Å². The van der Waals surface area contributed by atoms with E-state index in [1.165, 1.54) is 20.3 Å². The zero-order chi connectivity index (χ0) is 14.0. The number of benzene rings is 1. The van der Waals surface area contributed by atoms with Crippen molar-refractivity contribution < 1.29 is 18.4 Å². The highest BCUT2D eigenvalue weighted by Gasteiger charge is 2.22. The summed E-state index contributed by atoms with van der Waals surface area (Å²) in [6.07, 6.45) is 0. The van der Waals surface area contributed by atoms with Gasteiger partial charge < -0.3 is 19.7 Å². The summed E-state index contributed by atoms with van der Waals surface area (Å²) in [6.45, 7) is 0.120. The molecule has 0 radical (unpaired) electrons. The number of aromatic nitrogens is 2. The van der Waals surface area contributed by atoms with Crippen LogP contribution in [-0.4, -0.2) is 24.4 Å². The molecule has 0 spiro atoms. The summed E-state index contributed by atoms with van der Waals surface area (Å²) in [4.78, 5) is 4.07. The van der Waals surface area contributed by atoms with E-state index >= 15 is 0 Å². The van der Waals surface area contributed by atoms with Crippen LogP contribution in [0.15, 0.2) is 15.1 Å². The van der Waals surface area contributed by atoms with Gasteiger partial charge in [0.05, 0.1) is 30.8 Å². The van der Waals surface area contributed by atoms with Crippen molar-refractivity contribution in [1.29, 1.82) is 0 Å². The van der Waals surface area contributed by atoms with Crippen molar-refractivity contribution in [2.75, 3.05) is 14.2 Å². The first-order valence-electron chi connectivity index (χ1n) is 5.25. The standard InChI is InChI=1S/C11H11BrFN3O3/c1-17-9-5(11-15-7(4-14)19-16-11)3-6(12)8(13)10(9)18-2/h3H,4,14H2,1-2H3. The van der Waals surface area contributed by atoms with Crippen LogP contribution in [0, 0.1) is 5.82 Å². The van der Waals surface area contributed by atoms with Crippen molar-refractivity contribution in [3.8, 4) is 22.9 Å². The molecule has 1 aromatic heterocycles. The third-order valence-electron chi connectivity index (χ3n) is 2.42. The number of methoxy groups -OCH3 is 2. The predicted molar refractivity (Wildman–Crippen MR) is 68.4 cm³/mol. The molecule has 2 N–H and O–H groups in total. The molecule has 0 aliphatic heterocycles. The first-order chi connectivity index (χ1) is 9.12. The smallest absolute Gasteiger partial charge is 0.240 e. The summed E-state index contributed by atoms with van der Waals surface area (Å²) >= 11 is 3.10. The van der Waals surface area contributed by atoms with E-state index in [0.29, 0.717) is 5.56 Å². The quantitative estimate of drug-likeness (QED) is 0.923. The normalized spacial score (nSPS) is 10.6. The summed E-state index contributed by atoms with van der Waals surface area (Å²) < 4.78 is 29.2. The van der Waals surface area contributed by atoms with E-state index in [-0.39, 0.29) is 34.2 Å². The van der Waals surface area contributed by atoms with E-state index in [0.717, 1.165) is 0 Å². The Hall–Kier alpha value is -1.67. The molecule has 2 aromatic rings. The van der Waals surface area contributed by atoms with E-state index in [1.807, 2.05) is 0 Å². The summed E-state index contributed by atoms with van der Waals surface area (Å²) in [5.41, 5.74) is 5.84. The fourth-order valence-electron chi connectivity index (χ4n) is 1.58. The third kappa shape index (κ3) is 2.41. The lowest BCUT2D eigenvalue weighted by molar-refractivity contribution is 0.337. The van der Waals surface area contributed by atoms with Gasteiger partial charge >= 0.3 is 0 Å².